The highest BCUT2D eigenvalue weighted by Crippen LogP contribution is 2.32. The largest absolute Gasteiger partial charge is 0.497 e. The van der Waals surface area contributed by atoms with Gasteiger partial charge in [-0.05, 0) is 38.2 Å². The van der Waals surface area contributed by atoms with Gasteiger partial charge in [0.15, 0.2) is 4.77 Å². The molecule has 0 aliphatic carbocycles. The van der Waals surface area contributed by atoms with E-state index in [-0.39, 0.29) is 5.54 Å². The number of methoxy groups -OCH3 is 1. The molecule has 0 aliphatic heterocycles. The van der Waals surface area contributed by atoms with E-state index in [0.29, 0.717) is 4.77 Å². The lowest BCUT2D eigenvalue weighted by Gasteiger charge is -2.25. The summed E-state index contributed by atoms with van der Waals surface area (Å²) < 4.78 is 8.10. The van der Waals surface area contributed by atoms with Gasteiger partial charge in [-0.3, -0.25) is 0 Å². The van der Waals surface area contributed by atoms with E-state index in [0.717, 1.165) is 21.8 Å². The molecule has 0 radical (unpaired) electrons. The molecule has 4 nitrogen and oxygen atoms in total. The molecule has 1 N–H and O–H groups in total. The number of benzene rings is 1. The predicted octanol–water partition coefficient (Wildman–Crippen LogP) is 3.95. The number of aromatic amines is 1. The SMILES string of the molecule is COc1ccc2[nH]c(=S)n(C(C)(C)c3nccs3)c2c1. The minimum absolute atomic E-state index is 0.310. The highest BCUT2D eigenvalue weighted by Gasteiger charge is 2.28. The van der Waals surface area contributed by atoms with E-state index in [1.807, 2.05) is 29.8 Å². The van der Waals surface area contributed by atoms with Crippen molar-refractivity contribution in [3.8, 4) is 5.75 Å². The Morgan fingerprint density at radius 2 is 2.20 bits per heavy atom. The Hall–Kier alpha value is -1.66. The van der Waals surface area contributed by atoms with Crippen LogP contribution in [0.2, 0.25) is 0 Å². The average Bonchev–Trinajstić information content (AvgIpc) is 3.04. The molecule has 20 heavy (non-hydrogen) atoms. The van der Waals surface area contributed by atoms with Gasteiger partial charge in [0.1, 0.15) is 10.8 Å². The number of thiazole rings is 1. The Bertz CT molecular complexity index is 800. The number of imidazole rings is 1. The molecule has 0 bridgehead atoms. The molecule has 0 fully saturated rings. The molecule has 0 saturated carbocycles. The van der Waals surface area contributed by atoms with Crippen LogP contribution in [0.1, 0.15) is 18.9 Å². The van der Waals surface area contributed by atoms with Crippen LogP contribution < -0.4 is 4.74 Å². The van der Waals surface area contributed by atoms with Crippen LogP contribution in [-0.4, -0.2) is 21.6 Å². The number of H-pyrrole nitrogens is 1. The zero-order chi connectivity index (χ0) is 14.3. The minimum atomic E-state index is -0.310. The molecule has 0 aliphatic rings. The van der Waals surface area contributed by atoms with Gasteiger partial charge in [0.25, 0.3) is 0 Å². The van der Waals surface area contributed by atoms with E-state index in [1.165, 1.54) is 0 Å². The summed E-state index contributed by atoms with van der Waals surface area (Å²) in [6.45, 7) is 4.24. The lowest BCUT2D eigenvalue weighted by Crippen LogP contribution is -2.27. The van der Waals surface area contributed by atoms with Crippen LogP contribution in [0.4, 0.5) is 0 Å². The van der Waals surface area contributed by atoms with Crippen LogP contribution in [0.15, 0.2) is 29.8 Å². The predicted molar refractivity (Wildman–Crippen MR) is 84.2 cm³/mol. The van der Waals surface area contributed by atoms with Gasteiger partial charge in [0.2, 0.25) is 0 Å². The third kappa shape index (κ3) is 1.96. The van der Waals surface area contributed by atoms with Gasteiger partial charge in [-0.2, -0.15) is 0 Å². The maximum atomic E-state index is 5.50. The number of hydrogen-bond donors (Lipinski definition) is 1. The van der Waals surface area contributed by atoms with E-state index in [4.69, 9.17) is 17.0 Å². The first-order valence-electron chi connectivity index (χ1n) is 6.23. The van der Waals surface area contributed by atoms with Crippen molar-refractivity contribution in [2.75, 3.05) is 7.11 Å². The van der Waals surface area contributed by atoms with Crippen molar-refractivity contribution in [3.63, 3.8) is 0 Å². The van der Waals surface area contributed by atoms with E-state index < -0.39 is 0 Å². The van der Waals surface area contributed by atoms with Gasteiger partial charge in [-0.25, -0.2) is 4.98 Å². The van der Waals surface area contributed by atoms with Crippen molar-refractivity contribution in [2.45, 2.75) is 19.4 Å². The third-order valence-electron chi connectivity index (χ3n) is 3.41. The summed E-state index contributed by atoms with van der Waals surface area (Å²) in [6.07, 6.45) is 1.82. The highest BCUT2D eigenvalue weighted by molar-refractivity contribution is 7.71. The van der Waals surface area contributed by atoms with Crippen LogP contribution in [0.5, 0.6) is 5.75 Å². The van der Waals surface area contributed by atoms with Crippen molar-refractivity contribution >= 4 is 34.6 Å². The van der Waals surface area contributed by atoms with Gasteiger partial charge >= 0.3 is 0 Å². The fraction of sp³-hybridized carbons (Fsp3) is 0.286. The van der Waals surface area contributed by atoms with Crippen LogP contribution in [0, 0.1) is 4.77 Å². The van der Waals surface area contributed by atoms with Gasteiger partial charge in [0, 0.05) is 17.6 Å². The first-order chi connectivity index (χ1) is 9.54. The lowest BCUT2D eigenvalue weighted by molar-refractivity contribution is 0.413. The topological polar surface area (TPSA) is 42.8 Å². The van der Waals surface area contributed by atoms with Gasteiger partial charge in [0.05, 0.1) is 23.7 Å². The second kappa shape index (κ2) is 4.71. The molecule has 2 heterocycles. The van der Waals surface area contributed by atoms with Crippen molar-refractivity contribution in [3.05, 3.63) is 39.6 Å². The number of fused-ring (bicyclic) bond motifs is 1. The van der Waals surface area contributed by atoms with E-state index in [2.05, 4.69) is 28.4 Å². The van der Waals surface area contributed by atoms with Crippen molar-refractivity contribution < 1.29 is 4.74 Å². The first-order valence-corrected chi connectivity index (χ1v) is 7.52. The molecule has 0 amide bonds. The fourth-order valence-corrected chi connectivity index (χ4v) is 3.57. The molecule has 2 aromatic heterocycles. The normalized spacial score (nSPS) is 11.9. The quantitative estimate of drug-likeness (QED) is 0.745. The summed E-state index contributed by atoms with van der Waals surface area (Å²) in [5, 5.41) is 3.01. The first kappa shape index (κ1) is 13.3. The second-order valence-electron chi connectivity index (χ2n) is 5.04. The Labute approximate surface area is 126 Å². The number of rotatable bonds is 3. The number of hydrogen-bond acceptors (Lipinski definition) is 4. The molecule has 1 aromatic carbocycles. The minimum Gasteiger partial charge on any atom is -0.497 e. The molecule has 3 aromatic rings. The highest BCUT2D eigenvalue weighted by atomic mass is 32.1. The zero-order valence-electron chi connectivity index (χ0n) is 11.5. The fourth-order valence-electron chi connectivity index (χ4n) is 2.39. The van der Waals surface area contributed by atoms with E-state index in [9.17, 15) is 0 Å². The molecule has 0 spiro atoms. The molecule has 104 valence electrons. The van der Waals surface area contributed by atoms with Gasteiger partial charge in [-0.15, -0.1) is 11.3 Å². The number of aromatic nitrogens is 3. The Morgan fingerprint density at radius 3 is 2.85 bits per heavy atom. The summed E-state index contributed by atoms with van der Waals surface area (Å²) in [6, 6.07) is 5.91. The van der Waals surface area contributed by atoms with Gasteiger partial charge < -0.3 is 14.3 Å². The maximum Gasteiger partial charge on any atom is 0.178 e. The van der Waals surface area contributed by atoms with Crippen molar-refractivity contribution in [1.29, 1.82) is 0 Å². The van der Waals surface area contributed by atoms with E-state index >= 15 is 0 Å². The van der Waals surface area contributed by atoms with E-state index in [1.54, 1.807) is 18.4 Å². The van der Waals surface area contributed by atoms with Crippen LogP contribution in [0.25, 0.3) is 11.0 Å². The Kier molecular flexibility index (Phi) is 3.14. The summed E-state index contributed by atoms with van der Waals surface area (Å²) in [7, 11) is 1.67. The maximum absolute atomic E-state index is 5.50. The average molecular weight is 305 g/mol. The molecule has 6 heteroatoms. The summed E-state index contributed by atoms with van der Waals surface area (Å²) in [5.74, 6) is 0.815. The summed E-state index contributed by atoms with van der Waals surface area (Å²) in [5.41, 5.74) is 1.71. The molecule has 0 unspecified atom stereocenters. The molecule has 0 saturated heterocycles. The Morgan fingerprint density at radius 1 is 1.40 bits per heavy atom. The van der Waals surface area contributed by atoms with Crippen LogP contribution in [0.3, 0.4) is 0 Å². The second-order valence-corrected chi connectivity index (χ2v) is 6.33. The van der Waals surface area contributed by atoms with Crippen molar-refractivity contribution in [1.82, 2.24) is 14.5 Å². The van der Waals surface area contributed by atoms with Crippen molar-refractivity contribution in [2.24, 2.45) is 0 Å². The van der Waals surface area contributed by atoms with Crippen LogP contribution >= 0.6 is 23.6 Å². The summed E-state index contributed by atoms with van der Waals surface area (Å²) >= 11 is 7.13. The standard InChI is InChI=1S/C14H15N3OS2/c1-14(2,12-15-6-7-20-12)17-11-8-9(18-3)4-5-10(11)16-13(17)19/h4-8H,1-3H3,(H,16,19). The van der Waals surface area contributed by atoms with Gasteiger partial charge in [-0.1, -0.05) is 0 Å². The molecule has 0 atom stereocenters. The number of ether oxygens (including phenoxy) is 1. The molecule has 3 rings (SSSR count). The number of nitrogens with zero attached hydrogens (tertiary/aromatic N) is 2. The third-order valence-corrected chi connectivity index (χ3v) is 4.78. The number of nitrogens with one attached hydrogen (secondary N) is 1. The summed E-state index contributed by atoms with van der Waals surface area (Å²) in [4.78, 5) is 7.69. The molecular formula is C14H15N3OS2. The smallest absolute Gasteiger partial charge is 0.178 e. The lowest BCUT2D eigenvalue weighted by atomic mass is 10.1. The van der Waals surface area contributed by atoms with Crippen LogP contribution in [-0.2, 0) is 5.54 Å². The molecular weight excluding hydrogens is 290 g/mol. The Balaban J connectivity index is 2.30. The monoisotopic (exact) mass is 305 g/mol. The zero-order valence-corrected chi connectivity index (χ0v) is 13.1.